The van der Waals surface area contributed by atoms with Crippen molar-refractivity contribution in [2.75, 3.05) is 0 Å². The van der Waals surface area contributed by atoms with Crippen LogP contribution in [0.3, 0.4) is 0 Å². The van der Waals surface area contributed by atoms with Crippen molar-refractivity contribution in [3.8, 4) is 5.69 Å². The Hall–Kier alpha value is -1.42. The summed E-state index contributed by atoms with van der Waals surface area (Å²) in [6.07, 6.45) is 0.912. The molecule has 0 unspecified atom stereocenters. The van der Waals surface area contributed by atoms with Gasteiger partial charge >= 0.3 is 0 Å². The van der Waals surface area contributed by atoms with Gasteiger partial charge in [-0.3, -0.25) is 0 Å². The monoisotopic (exact) mass is 219 g/mol. The Morgan fingerprint density at radius 3 is 2.60 bits per heavy atom. The molecule has 2 aromatic rings. The van der Waals surface area contributed by atoms with Gasteiger partial charge < -0.3 is 12.6 Å². The lowest BCUT2D eigenvalue weighted by Crippen LogP contribution is -2.36. The van der Waals surface area contributed by atoms with E-state index >= 15 is 0 Å². The van der Waals surface area contributed by atoms with E-state index in [9.17, 15) is 0 Å². The molecule has 78 valence electrons. The van der Waals surface area contributed by atoms with Gasteiger partial charge in [0.15, 0.2) is 5.16 Å². The maximum atomic E-state index is 5.24. The molecule has 0 aliphatic rings. The first-order chi connectivity index (χ1) is 7.24. The molecule has 2 rings (SSSR count). The average molecular weight is 219 g/mol. The Balaban J connectivity index is 2.62. The second-order valence-electron chi connectivity index (χ2n) is 3.35. The Morgan fingerprint density at radius 1 is 1.33 bits per heavy atom. The van der Waals surface area contributed by atoms with Crippen LogP contribution in [0.2, 0.25) is 0 Å². The summed E-state index contributed by atoms with van der Waals surface area (Å²) in [5.41, 5.74) is 1.08. The van der Waals surface area contributed by atoms with Gasteiger partial charge in [-0.25, -0.2) is 4.57 Å². The van der Waals surface area contributed by atoms with Crippen LogP contribution < -0.4 is 4.57 Å². The second kappa shape index (κ2) is 3.98. The Bertz CT molecular complexity index is 462. The highest BCUT2D eigenvalue weighted by atomic mass is 32.1. The molecule has 0 fully saturated rings. The lowest BCUT2D eigenvalue weighted by atomic mass is 10.3. The van der Waals surface area contributed by atoms with E-state index in [0.717, 1.165) is 17.9 Å². The quantitative estimate of drug-likeness (QED) is 0.558. The van der Waals surface area contributed by atoms with Crippen LogP contribution >= 0.6 is 0 Å². The minimum atomic E-state index is 0.612. The van der Waals surface area contributed by atoms with Crippen molar-refractivity contribution in [1.29, 1.82) is 0 Å². The van der Waals surface area contributed by atoms with Crippen molar-refractivity contribution in [2.45, 2.75) is 18.5 Å². The predicted molar refractivity (Wildman–Crippen MR) is 59.7 cm³/mol. The van der Waals surface area contributed by atoms with Crippen molar-refractivity contribution in [3.05, 3.63) is 36.2 Å². The van der Waals surface area contributed by atoms with Gasteiger partial charge in [0.1, 0.15) is 5.69 Å². The summed E-state index contributed by atoms with van der Waals surface area (Å²) in [5, 5.41) is 4.86. The highest BCUT2D eigenvalue weighted by Gasteiger charge is 2.15. The van der Waals surface area contributed by atoms with Crippen LogP contribution in [0.4, 0.5) is 0 Å². The van der Waals surface area contributed by atoms with Crippen LogP contribution in [0.15, 0.2) is 35.5 Å². The molecule has 3 nitrogen and oxygen atoms in total. The maximum Gasteiger partial charge on any atom is 0.238 e. The largest absolute Gasteiger partial charge is 0.702 e. The van der Waals surface area contributed by atoms with Crippen LogP contribution in [0.1, 0.15) is 12.7 Å². The van der Waals surface area contributed by atoms with Gasteiger partial charge in [-0.05, 0) is 12.1 Å². The van der Waals surface area contributed by atoms with Gasteiger partial charge in [0.25, 0.3) is 0 Å². The zero-order valence-electron chi connectivity index (χ0n) is 8.84. The molecular formula is C11H13N3S. The zero-order chi connectivity index (χ0) is 10.8. The van der Waals surface area contributed by atoms with Gasteiger partial charge in [-0.2, -0.15) is 0 Å². The molecule has 0 radical (unpaired) electrons. The number of aromatic nitrogens is 3. The number of para-hydroxylation sites is 1. The highest BCUT2D eigenvalue weighted by molar-refractivity contribution is 7.58. The molecule has 0 amide bonds. The SMILES string of the molecule is CCc1n(C)nc([S-])[n+]1-c1ccccc1. The van der Waals surface area contributed by atoms with Crippen molar-refractivity contribution in [1.82, 2.24) is 9.78 Å². The third kappa shape index (κ3) is 1.72. The van der Waals surface area contributed by atoms with Crippen LogP contribution in [-0.4, -0.2) is 9.78 Å². The fourth-order valence-electron chi connectivity index (χ4n) is 1.71. The molecule has 15 heavy (non-hydrogen) atoms. The minimum absolute atomic E-state index is 0.612. The summed E-state index contributed by atoms with van der Waals surface area (Å²) in [6.45, 7) is 2.10. The van der Waals surface area contributed by atoms with Gasteiger partial charge in [-0.1, -0.05) is 25.1 Å². The summed E-state index contributed by atoms with van der Waals surface area (Å²) < 4.78 is 3.85. The summed E-state index contributed by atoms with van der Waals surface area (Å²) in [7, 11) is 1.92. The lowest BCUT2D eigenvalue weighted by Gasteiger charge is -2.04. The third-order valence-electron chi connectivity index (χ3n) is 2.39. The van der Waals surface area contributed by atoms with E-state index in [1.807, 2.05) is 46.6 Å². The van der Waals surface area contributed by atoms with Crippen molar-refractivity contribution >= 4 is 12.6 Å². The molecule has 0 bridgehead atoms. The maximum absolute atomic E-state index is 5.24. The summed E-state index contributed by atoms with van der Waals surface area (Å²) in [4.78, 5) is 0. The Morgan fingerprint density at radius 2 is 2.00 bits per heavy atom. The van der Waals surface area contributed by atoms with Crippen LogP contribution in [0.5, 0.6) is 0 Å². The number of benzene rings is 1. The number of hydrogen-bond donors (Lipinski definition) is 0. The van der Waals surface area contributed by atoms with E-state index < -0.39 is 0 Å². The summed E-state index contributed by atoms with van der Waals surface area (Å²) >= 11 is 5.24. The first-order valence-electron chi connectivity index (χ1n) is 4.94. The van der Waals surface area contributed by atoms with Crippen molar-refractivity contribution in [3.63, 3.8) is 0 Å². The molecule has 0 aliphatic carbocycles. The van der Waals surface area contributed by atoms with E-state index in [2.05, 4.69) is 12.0 Å². The zero-order valence-corrected chi connectivity index (χ0v) is 9.66. The fraction of sp³-hybridized carbons (Fsp3) is 0.273. The highest BCUT2D eigenvalue weighted by Crippen LogP contribution is 2.03. The third-order valence-corrected chi connectivity index (χ3v) is 2.65. The van der Waals surface area contributed by atoms with Gasteiger partial charge in [0.2, 0.25) is 5.82 Å². The molecule has 0 saturated heterocycles. The Labute approximate surface area is 94.8 Å². The summed E-state index contributed by atoms with van der Waals surface area (Å²) in [5.74, 6) is 1.12. The summed E-state index contributed by atoms with van der Waals surface area (Å²) in [6, 6.07) is 10.1. The molecule has 0 N–H and O–H groups in total. The van der Waals surface area contributed by atoms with Gasteiger partial charge in [0, 0.05) is 11.5 Å². The van der Waals surface area contributed by atoms with Gasteiger partial charge in [0.05, 0.1) is 7.05 Å². The minimum Gasteiger partial charge on any atom is -0.702 e. The number of aryl methyl sites for hydroxylation is 1. The van der Waals surface area contributed by atoms with Crippen molar-refractivity contribution in [2.24, 2.45) is 7.05 Å². The van der Waals surface area contributed by atoms with Crippen molar-refractivity contribution < 1.29 is 4.57 Å². The lowest BCUT2D eigenvalue weighted by molar-refractivity contribution is -0.644. The second-order valence-corrected chi connectivity index (χ2v) is 3.71. The molecule has 4 heteroatoms. The fourth-order valence-corrected chi connectivity index (χ4v) is 2.04. The first kappa shape index (κ1) is 10.1. The van der Waals surface area contributed by atoms with E-state index in [-0.39, 0.29) is 0 Å². The molecule has 0 saturated carbocycles. The van der Waals surface area contributed by atoms with E-state index in [4.69, 9.17) is 12.6 Å². The average Bonchev–Trinajstić information content (AvgIpc) is 2.54. The standard InChI is InChI=1S/C11H13N3S/c1-3-10-13(2)12-11(15)14(10)9-7-5-4-6-8-9/h4-8H,3H2,1-2H3. The molecule has 1 aromatic carbocycles. The van der Waals surface area contributed by atoms with E-state index in [0.29, 0.717) is 5.16 Å². The van der Waals surface area contributed by atoms with Gasteiger partial charge in [-0.15, -0.1) is 4.68 Å². The molecule has 0 aliphatic heterocycles. The molecular weight excluding hydrogens is 206 g/mol. The number of rotatable bonds is 2. The van der Waals surface area contributed by atoms with Crippen LogP contribution in [0.25, 0.3) is 5.69 Å². The molecule has 0 spiro atoms. The normalized spacial score (nSPS) is 10.5. The number of hydrogen-bond acceptors (Lipinski definition) is 2. The first-order valence-corrected chi connectivity index (χ1v) is 5.35. The van der Waals surface area contributed by atoms with E-state index in [1.54, 1.807) is 0 Å². The van der Waals surface area contributed by atoms with Crippen LogP contribution in [-0.2, 0) is 26.1 Å². The van der Waals surface area contributed by atoms with Crippen LogP contribution in [0, 0.1) is 0 Å². The number of nitrogens with zero attached hydrogens (tertiary/aromatic N) is 3. The van der Waals surface area contributed by atoms with E-state index in [1.165, 1.54) is 0 Å². The molecule has 1 heterocycles. The predicted octanol–water partition coefficient (Wildman–Crippen LogP) is 1.17. The topological polar surface area (TPSA) is 21.7 Å². The smallest absolute Gasteiger partial charge is 0.238 e. The molecule has 1 aromatic heterocycles. The molecule has 0 atom stereocenters. The Kier molecular flexibility index (Phi) is 2.68.